The number of carboxylic acid groups (broad SMARTS) is 1. The Bertz CT molecular complexity index is 946. The number of benzene rings is 2. The quantitative estimate of drug-likeness (QED) is 0.571. The number of amides is 1. The lowest BCUT2D eigenvalue weighted by atomic mass is 9.95. The Morgan fingerprint density at radius 2 is 1.55 bits per heavy atom. The van der Waals surface area contributed by atoms with Crippen LogP contribution in [-0.4, -0.2) is 41.1 Å². The molecule has 1 saturated heterocycles. The molecule has 1 aliphatic rings. The van der Waals surface area contributed by atoms with E-state index in [-0.39, 0.29) is 44.7 Å². The monoisotopic (exact) mass is 473 g/mol. The molecule has 2 aromatic carbocycles. The van der Waals surface area contributed by atoms with Gasteiger partial charge in [0.15, 0.2) is 0 Å². The minimum atomic E-state index is -4.22. The maximum atomic E-state index is 12.8. The van der Waals surface area contributed by atoms with E-state index in [1.54, 1.807) is 36.4 Å². The van der Waals surface area contributed by atoms with Crippen LogP contribution in [0.2, 0.25) is 10.0 Å². The number of halogens is 5. The molecule has 9 heteroatoms. The third-order valence-electron chi connectivity index (χ3n) is 5.44. The summed E-state index contributed by atoms with van der Waals surface area (Å²) in [7, 11) is 0. The SMILES string of the molecule is O=C(O)CCc1c(Cl)cc(-c2ccc(C(=O)N3CCC(C(F)(F)F)CC3)cc2)cc1Cl. The summed E-state index contributed by atoms with van der Waals surface area (Å²) in [6.07, 6.45) is -4.26. The largest absolute Gasteiger partial charge is 0.481 e. The molecule has 2 aromatic rings. The van der Waals surface area contributed by atoms with Gasteiger partial charge in [0, 0.05) is 35.1 Å². The van der Waals surface area contributed by atoms with Crippen LogP contribution >= 0.6 is 23.2 Å². The van der Waals surface area contributed by atoms with E-state index < -0.39 is 18.1 Å². The van der Waals surface area contributed by atoms with Crippen molar-refractivity contribution in [1.82, 2.24) is 4.90 Å². The number of likely N-dealkylation sites (tertiary alicyclic amines) is 1. The van der Waals surface area contributed by atoms with Crippen molar-refractivity contribution in [2.45, 2.75) is 31.9 Å². The van der Waals surface area contributed by atoms with Crippen LogP contribution in [0.1, 0.15) is 35.2 Å². The molecule has 0 saturated carbocycles. The molecule has 3 rings (SSSR count). The van der Waals surface area contributed by atoms with E-state index in [1.165, 1.54) is 4.90 Å². The van der Waals surface area contributed by atoms with Crippen LogP contribution in [0.4, 0.5) is 13.2 Å². The standard InChI is InChI=1S/C22H20Cl2F3NO3/c23-18-11-15(12-19(24)17(18)5-6-20(29)30)13-1-3-14(4-2-13)21(31)28-9-7-16(8-10-28)22(25,26)27/h1-4,11-12,16H,5-10H2,(H,29,30). The maximum Gasteiger partial charge on any atom is 0.391 e. The Labute approximate surface area is 187 Å². The van der Waals surface area contributed by atoms with E-state index in [1.807, 2.05) is 0 Å². The minimum Gasteiger partial charge on any atom is -0.481 e. The zero-order valence-electron chi connectivity index (χ0n) is 16.4. The topological polar surface area (TPSA) is 57.6 Å². The number of carbonyl (C=O) groups excluding carboxylic acids is 1. The van der Waals surface area contributed by atoms with Crippen molar-refractivity contribution >= 4 is 35.1 Å². The number of piperidine rings is 1. The summed E-state index contributed by atoms with van der Waals surface area (Å²) < 4.78 is 38.4. The van der Waals surface area contributed by atoms with E-state index in [4.69, 9.17) is 28.3 Å². The van der Waals surface area contributed by atoms with Crippen molar-refractivity contribution in [3.63, 3.8) is 0 Å². The normalized spacial score (nSPS) is 15.2. The smallest absolute Gasteiger partial charge is 0.391 e. The summed E-state index contributed by atoms with van der Waals surface area (Å²) >= 11 is 12.6. The van der Waals surface area contributed by atoms with Crippen molar-refractivity contribution in [2.24, 2.45) is 5.92 Å². The van der Waals surface area contributed by atoms with Crippen molar-refractivity contribution in [3.05, 3.63) is 57.6 Å². The first-order valence-corrected chi connectivity index (χ1v) is 10.5. The fourth-order valence-electron chi connectivity index (χ4n) is 3.64. The predicted molar refractivity (Wildman–Crippen MR) is 113 cm³/mol. The first-order valence-electron chi connectivity index (χ1n) is 9.72. The summed E-state index contributed by atoms with van der Waals surface area (Å²) in [5.74, 6) is -2.60. The lowest BCUT2D eigenvalue weighted by molar-refractivity contribution is -0.183. The van der Waals surface area contributed by atoms with Gasteiger partial charge in [-0.2, -0.15) is 13.2 Å². The minimum absolute atomic E-state index is 0.0772. The highest BCUT2D eigenvalue weighted by Crippen LogP contribution is 2.35. The Morgan fingerprint density at radius 1 is 1.00 bits per heavy atom. The first kappa shape index (κ1) is 23.4. The van der Waals surface area contributed by atoms with Crippen molar-refractivity contribution in [3.8, 4) is 11.1 Å². The third-order valence-corrected chi connectivity index (χ3v) is 6.11. The van der Waals surface area contributed by atoms with E-state index in [2.05, 4.69) is 0 Å². The molecule has 0 aromatic heterocycles. The second-order valence-corrected chi connectivity index (χ2v) is 8.31. The van der Waals surface area contributed by atoms with Gasteiger partial charge >= 0.3 is 12.1 Å². The fourth-order valence-corrected chi connectivity index (χ4v) is 4.31. The number of carboxylic acids is 1. The molecule has 0 aliphatic carbocycles. The highest BCUT2D eigenvalue weighted by molar-refractivity contribution is 6.36. The molecule has 1 fully saturated rings. The molecule has 166 valence electrons. The number of aliphatic carboxylic acids is 1. The number of carbonyl (C=O) groups is 2. The van der Waals surface area contributed by atoms with Gasteiger partial charge in [-0.25, -0.2) is 0 Å². The molecule has 1 amide bonds. The zero-order chi connectivity index (χ0) is 22.8. The second kappa shape index (κ2) is 9.49. The number of nitrogens with zero attached hydrogens (tertiary/aromatic N) is 1. The zero-order valence-corrected chi connectivity index (χ0v) is 17.9. The predicted octanol–water partition coefficient (Wildman–Crippen LogP) is 6.09. The van der Waals surface area contributed by atoms with Crippen molar-refractivity contribution < 1.29 is 27.9 Å². The molecule has 31 heavy (non-hydrogen) atoms. The molecule has 0 atom stereocenters. The van der Waals surface area contributed by atoms with Gasteiger partial charge in [-0.1, -0.05) is 35.3 Å². The lowest BCUT2D eigenvalue weighted by Gasteiger charge is -2.33. The summed E-state index contributed by atoms with van der Waals surface area (Å²) in [5, 5.41) is 9.55. The average Bonchev–Trinajstić information content (AvgIpc) is 2.72. The molecular formula is C22H20Cl2F3NO3. The van der Waals surface area contributed by atoms with E-state index >= 15 is 0 Å². The van der Waals surface area contributed by atoms with Gasteiger partial charge < -0.3 is 10.0 Å². The molecule has 0 spiro atoms. The van der Waals surface area contributed by atoms with Crippen LogP contribution < -0.4 is 0 Å². The molecule has 4 nitrogen and oxygen atoms in total. The fraction of sp³-hybridized carbons (Fsp3) is 0.364. The van der Waals surface area contributed by atoms with Crippen LogP contribution in [0, 0.1) is 5.92 Å². The molecular weight excluding hydrogens is 454 g/mol. The van der Waals surface area contributed by atoms with Crippen LogP contribution in [-0.2, 0) is 11.2 Å². The van der Waals surface area contributed by atoms with Gasteiger partial charge in [0.05, 0.1) is 5.92 Å². The first-order chi connectivity index (χ1) is 14.6. The van der Waals surface area contributed by atoms with Crippen LogP contribution in [0.5, 0.6) is 0 Å². The van der Waals surface area contributed by atoms with Gasteiger partial charge in [-0.15, -0.1) is 0 Å². The van der Waals surface area contributed by atoms with Gasteiger partial charge in [-0.05, 0) is 60.2 Å². The Kier molecular flexibility index (Phi) is 7.17. The summed E-state index contributed by atoms with van der Waals surface area (Å²) in [5.41, 5.74) is 2.41. The van der Waals surface area contributed by atoms with Gasteiger partial charge in [-0.3, -0.25) is 9.59 Å². The summed E-state index contributed by atoms with van der Waals surface area (Å²) in [4.78, 5) is 24.9. The van der Waals surface area contributed by atoms with Crippen molar-refractivity contribution in [2.75, 3.05) is 13.1 Å². The van der Waals surface area contributed by atoms with Crippen molar-refractivity contribution in [1.29, 1.82) is 0 Å². The Balaban J connectivity index is 1.70. The second-order valence-electron chi connectivity index (χ2n) is 7.50. The lowest BCUT2D eigenvalue weighted by Crippen LogP contribution is -2.42. The maximum absolute atomic E-state index is 12.8. The van der Waals surface area contributed by atoms with E-state index in [9.17, 15) is 22.8 Å². The highest BCUT2D eigenvalue weighted by Gasteiger charge is 2.41. The van der Waals surface area contributed by atoms with Crippen LogP contribution in [0.15, 0.2) is 36.4 Å². The van der Waals surface area contributed by atoms with E-state index in [0.717, 1.165) is 5.56 Å². The molecule has 1 heterocycles. The summed E-state index contributed by atoms with van der Waals surface area (Å²) in [6.45, 7) is 0.154. The van der Waals surface area contributed by atoms with Crippen LogP contribution in [0.3, 0.4) is 0 Å². The highest BCUT2D eigenvalue weighted by atomic mass is 35.5. The molecule has 0 unspecified atom stereocenters. The third kappa shape index (κ3) is 5.71. The molecule has 0 bridgehead atoms. The number of rotatable bonds is 5. The van der Waals surface area contributed by atoms with Gasteiger partial charge in [0.25, 0.3) is 5.91 Å². The number of alkyl halides is 3. The molecule has 1 N–H and O–H groups in total. The molecule has 0 radical (unpaired) electrons. The summed E-state index contributed by atoms with van der Waals surface area (Å²) in [6, 6.07) is 10.0. The van der Waals surface area contributed by atoms with Crippen LogP contribution in [0.25, 0.3) is 11.1 Å². The Hall–Kier alpha value is -2.25. The molecule has 1 aliphatic heterocycles. The van der Waals surface area contributed by atoms with E-state index in [0.29, 0.717) is 26.7 Å². The Morgan fingerprint density at radius 3 is 2.03 bits per heavy atom. The number of hydrogen-bond acceptors (Lipinski definition) is 2. The average molecular weight is 474 g/mol. The van der Waals surface area contributed by atoms with Gasteiger partial charge in [0.2, 0.25) is 0 Å². The van der Waals surface area contributed by atoms with Gasteiger partial charge in [0.1, 0.15) is 0 Å². The number of hydrogen-bond donors (Lipinski definition) is 1.